The van der Waals surface area contributed by atoms with Crippen LogP contribution in [0.5, 0.6) is 11.5 Å². The largest absolute Gasteiger partial charge is 0.497 e. The Hall–Kier alpha value is -2.73. The molecule has 140 valence electrons. The van der Waals surface area contributed by atoms with E-state index in [0.717, 1.165) is 29.0 Å². The fourth-order valence-corrected chi connectivity index (χ4v) is 4.35. The lowest BCUT2D eigenvalue weighted by Gasteiger charge is -2.38. The summed E-state index contributed by atoms with van der Waals surface area (Å²) >= 11 is 6.44. The highest BCUT2D eigenvalue weighted by Gasteiger charge is 2.40. The number of rotatable bonds is 4. The van der Waals surface area contributed by atoms with E-state index in [-0.39, 0.29) is 23.6 Å². The van der Waals surface area contributed by atoms with Crippen LogP contribution in [0.3, 0.4) is 0 Å². The third-order valence-electron chi connectivity index (χ3n) is 5.39. The Balaban J connectivity index is 1.85. The zero-order valence-corrected chi connectivity index (χ0v) is 15.7. The van der Waals surface area contributed by atoms with E-state index in [0.29, 0.717) is 10.8 Å². The Kier molecular flexibility index (Phi) is 4.44. The third-order valence-corrected chi connectivity index (χ3v) is 5.73. The number of anilines is 1. The van der Waals surface area contributed by atoms with Gasteiger partial charge in [0.2, 0.25) is 0 Å². The van der Waals surface area contributed by atoms with Gasteiger partial charge in [-0.3, -0.25) is 10.1 Å². The number of hydrogen-bond donors (Lipinski definition) is 1. The molecule has 27 heavy (non-hydrogen) atoms. The molecule has 2 aliphatic rings. The summed E-state index contributed by atoms with van der Waals surface area (Å²) in [5, 5.41) is 15.3. The fourth-order valence-electron chi connectivity index (χ4n) is 4.11. The molecule has 7 heteroatoms. The molecule has 0 bridgehead atoms. The Bertz CT molecular complexity index is 944. The van der Waals surface area contributed by atoms with E-state index in [4.69, 9.17) is 21.1 Å². The molecule has 1 aliphatic heterocycles. The van der Waals surface area contributed by atoms with Crippen LogP contribution in [0.2, 0.25) is 5.02 Å². The Morgan fingerprint density at radius 3 is 2.70 bits per heavy atom. The molecule has 0 saturated carbocycles. The van der Waals surface area contributed by atoms with Crippen molar-refractivity contribution in [3.05, 3.63) is 68.7 Å². The second kappa shape index (κ2) is 6.78. The molecule has 0 unspecified atom stereocenters. The van der Waals surface area contributed by atoms with E-state index in [1.165, 1.54) is 6.07 Å². The average molecular weight is 387 g/mol. The zero-order valence-electron chi connectivity index (χ0n) is 14.9. The van der Waals surface area contributed by atoms with Gasteiger partial charge in [0.05, 0.1) is 30.9 Å². The first-order chi connectivity index (χ1) is 13.0. The molecule has 1 heterocycles. The van der Waals surface area contributed by atoms with Gasteiger partial charge in [-0.05, 0) is 30.0 Å². The summed E-state index contributed by atoms with van der Waals surface area (Å²) in [4.78, 5) is 10.8. The number of methoxy groups -OCH3 is 2. The molecule has 2 aromatic rings. The number of halogens is 1. The minimum atomic E-state index is -0.396. The smallest absolute Gasteiger partial charge is 0.269 e. The van der Waals surface area contributed by atoms with Gasteiger partial charge in [0.15, 0.2) is 0 Å². The average Bonchev–Trinajstić information content (AvgIpc) is 3.17. The van der Waals surface area contributed by atoms with Crippen molar-refractivity contribution in [1.29, 1.82) is 0 Å². The van der Waals surface area contributed by atoms with Crippen LogP contribution in [0.15, 0.2) is 42.5 Å². The predicted molar refractivity (Wildman–Crippen MR) is 104 cm³/mol. The second-order valence-electron chi connectivity index (χ2n) is 6.73. The SMILES string of the molecule is COc1cc(OC)c2c(c1)[C@@H]1C=CC[C@H]1[C@@H](c1cc([N+](=O)[O-])ccc1Cl)N2. The number of non-ortho nitro benzene ring substituents is 1. The van der Waals surface area contributed by atoms with Crippen LogP contribution >= 0.6 is 11.6 Å². The van der Waals surface area contributed by atoms with Crippen molar-refractivity contribution in [2.24, 2.45) is 5.92 Å². The van der Waals surface area contributed by atoms with Crippen molar-refractivity contribution in [2.45, 2.75) is 18.4 Å². The lowest BCUT2D eigenvalue weighted by atomic mass is 9.76. The van der Waals surface area contributed by atoms with Crippen molar-refractivity contribution in [3.63, 3.8) is 0 Å². The van der Waals surface area contributed by atoms with E-state index < -0.39 is 4.92 Å². The molecule has 3 atom stereocenters. The van der Waals surface area contributed by atoms with Crippen molar-refractivity contribution in [3.8, 4) is 11.5 Å². The van der Waals surface area contributed by atoms with Gasteiger partial charge in [-0.15, -0.1) is 0 Å². The predicted octanol–water partition coefficient (Wildman–Crippen LogP) is 5.09. The van der Waals surface area contributed by atoms with Crippen LogP contribution in [0, 0.1) is 16.0 Å². The number of allylic oxidation sites excluding steroid dienone is 2. The molecule has 4 rings (SSSR count). The summed E-state index contributed by atoms with van der Waals surface area (Å²) in [7, 11) is 3.24. The molecule has 1 aliphatic carbocycles. The Labute approximate surface area is 161 Å². The number of nitrogens with one attached hydrogen (secondary N) is 1. The number of ether oxygens (including phenoxy) is 2. The summed E-state index contributed by atoms with van der Waals surface area (Å²) in [6.07, 6.45) is 5.19. The first kappa shape index (κ1) is 17.7. The number of hydrogen-bond acceptors (Lipinski definition) is 5. The van der Waals surface area contributed by atoms with Crippen molar-refractivity contribution >= 4 is 23.0 Å². The van der Waals surface area contributed by atoms with Crippen LogP contribution in [0.25, 0.3) is 0 Å². The van der Waals surface area contributed by atoms with Crippen molar-refractivity contribution < 1.29 is 14.4 Å². The summed E-state index contributed by atoms with van der Waals surface area (Å²) in [6.45, 7) is 0. The summed E-state index contributed by atoms with van der Waals surface area (Å²) in [5.74, 6) is 1.77. The minimum Gasteiger partial charge on any atom is -0.497 e. The van der Waals surface area contributed by atoms with E-state index in [2.05, 4.69) is 17.5 Å². The van der Waals surface area contributed by atoms with E-state index in [1.54, 1.807) is 26.4 Å². The molecule has 0 fully saturated rings. The van der Waals surface area contributed by atoms with Gasteiger partial charge in [0, 0.05) is 34.7 Å². The third kappa shape index (κ3) is 2.90. The highest BCUT2D eigenvalue weighted by Crippen LogP contribution is 2.54. The molecule has 1 N–H and O–H groups in total. The standard InChI is InChI=1S/C20H19ClN2O4/c1-26-12-9-15-13-4-3-5-14(13)19(22-20(15)18(10-12)27-2)16-8-11(23(24)25)6-7-17(16)21/h3-4,6-10,13-14,19,22H,5H2,1-2H3/t13-,14-,19+/m1/s1. The number of nitro groups is 1. The summed E-state index contributed by atoms with van der Waals surface area (Å²) in [6, 6.07) is 8.27. The van der Waals surface area contributed by atoms with Crippen LogP contribution in [0.4, 0.5) is 11.4 Å². The number of benzene rings is 2. The summed E-state index contributed by atoms with van der Waals surface area (Å²) < 4.78 is 11.0. The first-order valence-electron chi connectivity index (χ1n) is 8.66. The second-order valence-corrected chi connectivity index (χ2v) is 7.14. The van der Waals surface area contributed by atoms with E-state index >= 15 is 0 Å². The highest BCUT2D eigenvalue weighted by molar-refractivity contribution is 6.31. The van der Waals surface area contributed by atoms with Gasteiger partial charge in [0.1, 0.15) is 11.5 Å². The Morgan fingerprint density at radius 2 is 2.00 bits per heavy atom. The molecular formula is C20H19ClN2O4. The molecule has 0 spiro atoms. The molecule has 2 aromatic carbocycles. The molecule has 0 aromatic heterocycles. The molecule has 0 radical (unpaired) electrons. The maximum Gasteiger partial charge on any atom is 0.269 e. The topological polar surface area (TPSA) is 73.6 Å². The normalized spacial score (nSPS) is 22.6. The van der Waals surface area contributed by atoms with Crippen LogP contribution in [0.1, 0.15) is 29.5 Å². The fraction of sp³-hybridized carbons (Fsp3) is 0.300. The maximum absolute atomic E-state index is 11.2. The minimum absolute atomic E-state index is 0.0335. The van der Waals surface area contributed by atoms with E-state index in [9.17, 15) is 10.1 Å². The van der Waals surface area contributed by atoms with Gasteiger partial charge < -0.3 is 14.8 Å². The Morgan fingerprint density at radius 1 is 1.19 bits per heavy atom. The molecule has 0 saturated heterocycles. The van der Waals surface area contributed by atoms with Crippen molar-refractivity contribution in [1.82, 2.24) is 0 Å². The summed E-state index contributed by atoms with van der Waals surface area (Å²) in [5.41, 5.74) is 2.74. The molecule has 0 amide bonds. The zero-order chi connectivity index (χ0) is 19.1. The van der Waals surface area contributed by atoms with E-state index in [1.807, 2.05) is 12.1 Å². The lowest BCUT2D eigenvalue weighted by Crippen LogP contribution is -2.29. The van der Waals surface area contributed by atoms with Crippen molar-refractivity contribution in [2.75, 3.05) is 19.5 Å². The van der Waals surface area contributed by atoms with Crippen LogP contribution < -0.4 is 14.8 Å². The van der Waals surface area contributed by atoms with Crippen LogP contribution in [-0.4, -0.2) is 19.1 Å². The molecular weight excluding hydrogens is 368 g/mol. The maximum atomic E-state index is 11.2. The molecule has 6 nitrogen and oxygen atoms in total. The quantitative estimate of drug-likeness (QED) is 0.450. The lowest BCUT2D eigenvalue weighted by molar-refractivity contribution is -0.384. The van der Waals surface area contributed by atoms with Gasteiger partial charge in [-0.25, -0.2) is 0 Å². The number of nitrogens with zero attached hydrogens (tertiary/aromatic N) is 1. The van der Waals surface area contributed by atoms with Gasteiger partial charge in [-0.2, -0.15) is 0 Å². The van der Waals surface area contributed by atoms with Gasteiger partial charge >= 0.3 is 0 Å². The van der Waals surface area contributed by atoms with Gasteiger partial charge in [0.25, 0.3) is 5.69 Å². The first-order valence-corrected chi connectivity index (χ1v) is 9.04. The highest BCUT2D eigenvalue weighted by atomic mass is 35.5. The van der Waals surface area contributed by atoms with Crippen LogP contribution in [-0.2, 0) is 0 Å². The number of nitro benzene ring substituents is 1. The van der Waals surface area contributed by atoms with Gasteiger partial charge in [-0.1, -0.05) is 23.8 Å². The monoisotopic (exact) mass is 386 g/mol. The number of fused-ring (bicyclic) bond motifs is 3.